The lowest BCUT2D eigenvalue weighted by atomic mass is 9.99. The van der Waals surface area contributed by atoms with E-state index in [9.17, 15) is 4.39 Å². The maximum atomic E-state index is 14.0. The molecule has 0 aliphatic heterocycles. The summed E-state index contributed by atoms with van der Waals surface area (Å²) in [4.78, 5) is 3.80. The van der Waals surface area contributed by atoms with Crippen LogP contribution in [0.5, 0.6) is 0 Å². The van der Waals surface area contributed by atoms with Crippen LogP contribution < -0.4 is 5.32 Å². The number of benzene rings is 1. The van der Waals surface area contributed by atoms with Crippen LogP contribution in [0.15, 0.2) is 41.1 Å². The fourth-order valence-corrected chi connectivity index (χ4v) is 2.66. The highest BCUT2D eigenvalue weighted by molar-refractivity contribution is 9.10. The summed E-state index contributed by atoms with van der Waals surface area (Å²) in [5.41, 5.74) is 1.40. The van der Waals surface area contributed by atoms with E-state index in [4.69, 9.17) is 11.6 Å². The Morgan fingerprint density at radius 1 is 1.35 bits per heavy atom. The summed E-state index contributed by atoms with van der Waals surface area (Å²) >= 11 is 9.75. The van der Waals surface area contributed by atoms with Gasteiger partial charge in [-0.2, -0.15) is 0 Å². The van der Waals surface area contributed by atoms with Crippen molar-refractivity contribution < 1.29 is 4.39 Å². The van der Waals surface area contributed by atoms with E-state index in [1.165, 1.54) is 6.20 Å². The zero-order chi connectivity index (χ0) is 14.5. The van der Waals surface area contributed by atoms with E-state index in [1.54, 1.807) is 12.3 Å². The Bertz CT molecular complexity index is 592. The molecule has 1 aromatic carbocycles. The largest absolute Gasteiger partial charge is 0.306 e. The van der Waals surface area contributed by atoms with Crippen molar-refractivity contribution in [3.8, 4) is 0 Å². The molecule has 0 amide bonds. The van der Waals surface area contributed by atoms with Gasteiger partial charge in [-0.05, 0) is 46.6 Å². The van der Waals surface area contributed by atoms with Gasteiger partial charge in [0.15, 0.2) is 0 Å². The standard InChI is InChI=1S/C15H15BrClFN2/c1-2-7-20-15(10-6-8-19-9-13(10)18)11-4-3-5-12(16)14(11)17/h3-6,8-9,15,20H,2,7H2,1H3. The number of rotatable bonds is 5. The summed E-state index contributed by atoms with van der Waals surface area (Å²) in [6, 6.07) is 7.06. The van der Waals surface area contributed by atoms with Crippen molar-refractivity contribution in [2.45, 2.75) is 19.4 Å². The lowest BCUT2D eigenvalue weighted by molar-refractivity contribution is 0.543. The first-order valence-corrected chi connectivity index (χ1v) is 7.59. The van der Waals surface area contributed by atoms with E-state index in [2.05, 4.69) is 33.2 Å². The summed E-state index contributed by atoms with van der Waals surface area (Å²) in [7, 11) is 0. The fourth-order valence-electron chi connectivity index (χ4n) is 2.04. The number of nitrogens with zero attached hydrogens (tertiary/aromatic N) is 1. The molecule has 1 atom stereocenters. The van der Waals surface area contributed by atoms with Gasteiger partial charge in [-0.25, -0.2) is 4.39 Å². The molecule has 0 saturated carbocycles. The molecule has 0 radical (unpaired) electrons. The monoisotopic (exact) mass is 356 g/mol. The van der Waals surface area contributed by atoms with Gasteiger partial charge in [0.1, 0.15) is 5.82 Å². The lowest BCUT2D eigenvalue weighted by Gasteiger charge is -2.21. The molecule has 2 rings (SSSR count). The maximum absolute atomic E-state index is 14.0. The molecular weight excluding hydrogens is 343 g/mol. The van der Waals surface area contributed by atoms with Crippen molar-refractivity contribution in [3.63, 3.8) is 0 Å². The third kappa shape index (κ3) is 3.37. The van der Waals surface area contributed by atoms with E-state index in [0.717, 1.165) is 23.0 Å². The molecule has 5 heteroatoms. The number of hydrogen-bond acceptors (Lipinski definition) is 2. The highest BCUT2D eigenvalue weighted by Crippen LogP contribution is 2.34. The Morgan fingerprint density at radius 3 is 2.85 bits per heavy atom. The van der Waals surface area contributed by atoms with Crippen molar-refractivity contribution in [1.82, 2.24) is 10.3 Å². The molecule has 0 fully saturated rings. The predicted octanol–water partition coefficient (Wildman–Crippen LogP) is 4.73. The first-order chi connectivity index (χ1) is 9.65. The van der Waals surface area contributed by atoms with Gasteiger partial charge in [-0.3, -0.25) is 4.98 Å². The van der Waals surface area contributed by atoms with Crippen LogP contribution in [0.2, 0.25) is 5.02 Å². The SMILES string of the molecule is CCCNC(c1ccncc1F)c1cccc(Br)c1Cl. The minimum atomic E-state index is -0.336. The summed E-state index contributed by atoms with van der Waals surface area (Å²) in [6.45, 7) is 2.84. The van der Waals surface area contributed by atoms with Crippen molar-refractivity contribution >= 4 is 27.5 Å². The first-order valence-electron chi connectivity index (χ1n) is 6.41. The molecule has 0 saturated heterocycles. The van der Waals surface area contributed by atoms with E-state index < -0.39 is 0 Å². The molecule has 0 aliphatic carbocycles. The maximum Gasteiger partial charge on any atom is 0.146 e. The molecule has 0 bridgehead atoms. The second-order valence-electron chi connectivity index (χ2n) is 4.43. The van der Waals surface area contributed by atoms with Gasteiger partial charge in [-0.1, -0.05) is 30.7 Å². The zero-order valence-electron chi connectivity index (χ0n) is 11.0. The molecule has 20 heavy (non-hydrogen) atoms. The third-order valence-corrected chi connectivity index (χ3v) is 4.32. The normalized spacial score (nSPS) is 12.4. The van der Waals surface area contributed by atoms with Gasteiger partial charge >= 0.3 is 0 Å². The summed E-state index contributed by atoms with van der Waals surface area (Å²) in [6.07, 6.45) is 3.77. The molecule has 1 aromatic heterocycles. The topological polar surface area (TPSA) is 24.9 Å². The average molecular weight is 358 g/mol. The van der Waals surface area contributed by atoms with Crippen LogP contribution in [-0.4, -0.2) is 11.5 Å². The minimum Gasteiger partial charge on any atom is -0.306 e. The third-order valence-electron chi connectivity index (χ3n) is 3.01. The van der Waals surface area contributed by atoms with Crippen LogP contribution in [-0.2, 0) is 0 Å². The molecule has 0 aliphatic rings. The van der Waals surface area contributed by atoms with E-state index in [1.807, 2.05) is 18.2 Å². The predicted molar refractivity (Wildman–Crippen MR) is 83.5 cm³/mol. The minimum absolute atomic E-state index is 0.289. The molecule has 2 aromatic rings. The molecule has 2 nitrogen and oxygen atoms in total. The Hall–Kier alpha value is -0.970. The van der Waals surface area contributed by atoms with Crippen molar-refractivity contribution in [2.75, 3.05) is 6.54 Å². The highest BCUT2D eigenvalue weighted by atomic mass is 79.9. The zero-order valence-corrected chi connectivity index (χ0v) is 13.4. The molecule has 1 N–H and O–H groups in total. The quantitative estimate of drug-likeness (QED) is 0.837. The van der Waals surface area contributed by atoms with E-state index in [0.29, 0.717) is 10.6 Å². The number of pyridine rings is 1. The summed E-state index contributed by atoms with van der Waals surface area (Å²) < 4.78 is 14.8. The number of halogens is 3. The lowest BCUT2D eigenvalue weighted by Crippen LogP contribution is -2.24. The van der Waals surface area contributed by atoms with Crippen LogP contribution in [0.25, 0.3) is 0 Å². The Labute approximate surface area is 131 Å². The van der Waals surface area contributed by atoms with E-state index in [-0.39, 0.29) is 11.9 Å². The van der Waals surface area contributed by atoms with Crippen LogP contribution in [0.1, 0.15) is 30.5 Å². The molecule has 106 valence electrons. The Morgan fingerprint density at radius 2 is 2.15 bits per heavy atom. The molecule has 1 unspecified atom stereocenters. The smallest absolute Gasteiger partial charge is 0.146 e. The van der Waals surface area contributed by atoms with E-state index >= 15 is 0 Å². The van der Waals surface area contributed by atoms with Gasteiger partial charge in [-0.15, -0.1) is 0 Å². The van der Waals surface area contributed by atoms with Crippen molar-refractivity contribution in [3.05, 3.63) is 63.1 Å². The fraction of sp³-hybridized carbons (Fsp3) is 0.267. The Balaban J connectivity index is 2.47. The van der Waals surface area contributed by atoms with Crippen molar-refractivity contribution in [1.29, 1.82) is 0 Å². The molecule has 0 spiro atoms. The van der Waals surface area contributed by atoms with Crippen molar-refractivity contribution in [2.24, 2.45) is 0 Å². The van der Waals surface area contributed by atoms with Gasteiger partial charge in [0, 0.05) is 16.2 Å². The highest BCUT2D eigenvalue weighted by Gasteiger charge is 2.20. The van der Waals surface area contributed by atoms with Crippen LogP contribution in [0.4, 0.5) is 4.39 Å². The van der Waals surface area contributed by atoms with Gasteiger partial charge < -0.3 is 5.32 Å². The first kappa shape index (κ1) is 15.4. The summed E-state index contributed by atoms with van der Waals surface area (Å²) in [5, 5.41) is 3.93. The number of aromatic nitrogens is 1. The second kappa shape index (κ2) is 7.16. The van der Waals surface area contributed by atoms with Gasteiger partial charge in [0.25, 0.3) is 0 Å². The average Bonchev–Trinajstić information content (AvgIpc) is 2.45. The van der Waals surface area contributed by atoms with Gasteiger partial charge in [0.05, 0.1) is 17.3 Å². The second-order valence-corrected chi connectivity index (χ2v) is 5.66. The molecular formula is C15H15BrClFN2. The molecule has 1 heterocycles. The van der Waals surface area contributed by atoms with Crippen LogP contribution in [0, 0.1) is 5.82 Å². The van der Waals surface area contributed by atoms with Crippen LogP contribution in [0.3, 0.4) is 0 Å². The van der Waals surface area contributed by atoms with Gasteiger partial charge in [0.2, 0.25) is 0 Å². The Kier molecular flexibility index (Phi) is 5.52. The summed E-state index contributed by atoms with van der Waals surface area (Å²) in [5.74, 6) is -0.336. The number of nitrogens with one attached hydrogen (secondary N) is 1. The number of hydrogen-bond donors (Lipinski definition) is 1. The van der Waals surface area contributed by atoms with Crippen LogP contribution >= 0.6 is 27.5 Å².